The molecular formula is C22H19F2N5O. The quantitative estimate of drug-likeness (QED) is 0.448. The van der Waals surface area contributed by atoms with Crippen LogP contribution in [-0.4, -0.2) is 18.7 Å². The van der Waals surface area contributed by atoms with Crippen molar-refractivity contribution >= 4 is 27.8 Å². The molecule has 4 rings (SSSR count). The second kappa shape index (κ2) is 7.59. The molecule has 0 unspecified atom stereocenters. The van der Waals surface area contributed by atoms with E-state index in [1.807, 2.05) is 4.57 Å². The summed E-state index contributed by atoms with van der Waals surface area (Å²) in [6.45, 7) is 6.12. The number of imidazole rings is 2. The van der Waals surface area contributed by atoms with Gasteiger partial charge in [0.05, 0.1) is 34.7 Å². The normalized spacial score (nSPS) is 11.3. The molecule has 8 heteroatoms. The molecule has 0 N–H and O–H groups in total. The van der Waals surface area contributed by atoms with Crippen molar-refractivity contribution in [2.75, 3.05) is 0 Å². The van der Waals surface area contributed by atoms with Crippen LogP contribution in [0, 0.1) is 23.0 Å². The molecular weight excluding hydrogens is 388 g/mol. The molecule has 0 saturated heterocycles. The van der Waals surface area contributed by atoms with Crippen molar-refractivity contribution in [2.45, 2.75) is 32.9 Å². The van der Waals surface area contributed by atoms with Gasteiger partial charge in [0, 0.05) is 24.7 Å². The lowest BCUT2D eigenvalue weighted by Crippen LogP contribution is -2.25. The highest BCUT2D eigenvalue weighted by atomic mass is 19.1. The molecule has 30 heavy (non-hydrogen) atoms. The third kappa shape index (κ3) is 3.28. The smallest absolute Gasteiger partial charge is 0.326 e. The number of rotatable bonds is 6. The van der Waals surface area contributed by atoms with Crippen LogP contribution in [0.4, 0.5) is 8.78 Å². The zero-order valence-electron chi connectivity index (χ0n) is 16.4. The number of allylic oxidation sites excluding steroid dienone is 1. The average molecular weight is 407 g/mol. The predicted molar refractivity (Wildman–Crippen MR) is 111 cm³/mol. The summed E-state index contributed by atoms with van der Waals surface area (Å²) in [6, 6.07) is 10.6. The standard InChI is InChI=1S/C22H19F2N5O/c1-14(2)29-19-8-6-16(24)12-20(19)28(22(29)30)13-21-26-17-11-15(23)5-7-18(17)27(21)10-4-3-9-25/h5-8,11-12H,1,3-4,10,13H2,2H3. The molecule has 0 radical (unpaired) electrons. The summed E-state index contributed by atoms with van der Waals surface area (Å²) in [6.07, 6.45) is 0.948. The highest BCUT2D eigenvalue weighted by molar-refractivity contribution is 5.80. The van der Waals surface area contributed by atoms with Crippen LogP contribution < -0.4 is 5.69 Å². The molecule has 4 aromatic rings. The molecule has 2 heterocycles. The van der Waals surface area contributed by atoms with Crippen molar-refractivity contribution in [3.05, 3.63) is 70.9 Å². The first-order valence-corrected chi connectivity index (χ1v) is 9.49. The van der Waals surface area contributed by atoms with Gasteiger partial charge in [0.15, 0.2) is 0 Å². The summed E-state index contributed by atoms with van der Waals surface area (Å²) in [4.78, 5) is 17.6. The van der Waals surface area contributed by atoms with Gasteiger partial charge in [-0.2, -0.15) is 5.26 Å². The van der Waals surface area contributed by atoms with E-state index in [1.54, 1.807) is 19.1 Å². The Labute approximate surface area is 170 Å². The van der Waals surface area contributed by atoms with Crippen molar-refractivity contribution in [1.82, 2.24) is 18.7 Å². The number of aromatic nitrogens is 4. The summed E-state index contributed by atoms with van der Waals surface area (Å²) in [5.41, 5.74) is 2.30. The Bertz CT molecular complexity index is 1390. The van der Waals surface area contributed by atoms with Crippen molar-refractivity contribution < 1.29 is 8.78 Å². The Morgan fingerprint density at radius 3 is 2.50 bits per heavy atom. The van der Waals surface area contributed by atoms with E-state index in [2.05, 4.69) is 17.6 Å². The number of fused-ring (bicyclic) bond motifs is 2. The largest absolute Gasteiger partial charge is 0.333 e. The maximum absolute atomic E-state index is 14.0. The summed E-state index contributed by atoms with van der Waals surface area (Å²) >= 11 is 0. The number of hydrogen-bond donors (Lipinski definition) is 0. The van der Waals surface area contributed by atoms with Gasteiger partial charge in [-0.1, -0.05) is 6.58 Å². The average Bonchev–Trinajstić information content (AvgIpc) is 3.16. The van der Waals surface area contributed by atoms with E-state index in [9.17, 15) is 13.6 Å². The SMILES string of the molecule is C=C(C)n1c(=O)n(Cc2nc3cc(F)ccc3n2CCCC#N)c2cc(F)ccc21. The number of halogens is 2. The number of nitriles is 1. The minimum atomic E-state index is -0.459. The molecule has 0 aliphatic carbocycles. The highest BCUT2D eigenvalue weighted by Gasteiger charge is 2.18. The lowest BCUT2D eigenvalue weighted by Gasteiger charge is -2.09. The summed E-state index contributed by atoms with van der Waals surface area (Å²) in [7, 11) is 0. The van der Waals surface area contributed by atoms with Crippen molar-refractivity contribution in [2.24, 2.45) is 0 Å². The highest BCUT2D eigenvalue weighted by Crippen LogP contribution is 2.22. The van der Waals surface area contributed by atoms with Crippen LogP contribution in [-0.2, 0) is 13.1 Å². The van der Waals surface area contributed by atoms with Crippen LogP contribution >= 0.6 is 0 Å². The first kappa shape index (κ1) is 19.6. The fourth-order valence-corrected chi connectivity index (χ4v) is 3.73. The van der Waals surface area contributed by atoms with Gasteiger partial charge in [-0.3, -0.25) is 9.13 Å². The van der Waals surface area contributed by atoms with Crippen LogP contribution in [0.1, 0.15) is 25.6 Å². The van der Waals surface area contributed by atoms with Crippen LogP contribution in [0.2, 0.25) is 0 Å². The van der Waals surface area contributed by atoms with Gasteiger partial charge in [0.1, 0.15) is 17.5 Å². The number of benzene rings is 2. The van der Waals surface area contributed by atoms with E-state index in [0.29, 0.717) is 53.0 Å². The number of unbranched alkanes of at least 4 members (excludes halogenated alkanes) is 1. The lowest BCUT2D eigenvalue weighted by atomic mass is 10.3. The van der Waals surface area contributed by atoms with Crippen LogP contribution in [0.25, 0.3) is 27.8 Å². The Morgan fingerprint density at radius 1 is 1.10 bits per heavy atom. The summed E-state index contributed by atoms with van der Waals surface area (Å²) in [5.74, 6) is -0.339. The predicted octanol–water partition coefficient (Wildman–Crippen LogP) is 4.27. The van der Waals surface area contributed by atoms with Gasteiger partial charge in [0.2, 0.25) is 0 Å². The number of nitrogens with zero attached hydrogens (tertiary/aromatic N) is 5. The third-order valence-corrected chi connectivity index (χ3v) is 5.03. The van der Waals surface area contributed by atoms with Crippen LogP contribution in [0.15, 0.2) is 47.8 Å². The maximum Gasteiger partial charge on any atom is 0.333 e. The third-order valence-electron chi connectivity index (χ3n) is 5.03. The summed E-state index contributed by atoms with van der Waals surface area (Å²) in [5, 5.41) is 8.87. The molecule has 0 bridgehead atoms. The first-order valence-electron chi connectivity index (χ1n) is 9.49. The van der Waals surface area contributed by atoms with Crippen molar-refractivity contribution in [1.29, 1.82) is 5.26 Å². The minimum Gasteiger partial charge on any atom is -0.326 e. The zero-order valence-corrected chi connectivity index (χ0v) is 16.4. The van der Waals surface area contributed by atoms with Crippen molar-refractivity contribution in [3.8, 4) is 6.07 Å². The Morgan fingerprint density at radius 2 is 1.80 bits per heavy atom. The van der Waals surface area contributed by atoms with E-state index in [1.165, 1.54) is 33.4 Å². The van der Waals surface area contributed by atoms with Gasteiger partial charge in [-0.05, 0) is 43.7 Å². The second-order valence-corrected chi connectivity index (χ2v) is 7.15. The second-order valence-electron chi connectivity index (χ2n) is 7.15. The fraction of sp³-hybridized carbons (Fsp3) is 0.227. The molecule has 0 aliphatic heterocycles. The van der Waals surface area contributed by atoms with Gasteiger partial charge in [0.25, 0.3) is 0 Å². The maximum atomic E-state index is 14.0. The van der Waals surface area contributed by atoms with E-state index in [4.69, 9.17) is 5.26 Å². The molecule has 0 aliphatic rings. The van der Waals surface area contributed by atoms with E-state index in [-0.39, 0.29) is 12.2 Å². The fourth-order valence-electron chi connectivity index (χ4n) is 3.73. The van der Waals surface area contributed by atoms with E-state index in [0.717, 1.165) is 0 Å². The van der Waals surface area contributed by atoms with Crippen molar-refractivity contribution in [3.63, 3.8) is 0 Å². The Hall–Kier alpha value is -3.73. The molecule has 2 aromatic heterocycles. The monoisotopic (exact) mass is 407 g/mol. The van der Waals surface area contributed by atoms with Crippen LogP contribution in [0.3, 0.4) is 0 Å². The first-order chi connectivity index (χ1) is 14.4. The minimum absolute atomic E-state index is 0.0713. The van der Waals surface area contributed by atoms with Gasteiger partial charge >= 0.3 is 5.69 Å². The van der Waals surface area contributed by atoms with E-state index >= 15 is 0 Å². The summed E-state index contributed by atoms with van der Waals surface area (Å²) < 4.78 is 32.4. The molecule has 0 atom stereocenters. The van der Waals surface area contributed by atoms with Crippen LogP contribution in [0.5, 0.6) is 0 Å². The molecule has 2 aromatic carbocycles. The van der Waals surface area contributed by atoms with E-state index < -0.39 is 11.6 Å². The Balaban J connectivity index is 1.90. The molecule has 0 fully saturated rings. The van der Waals surface area contributed by atoms with Gasteiger partial charge in [-0.25, -0.2) is 18.6 Å². The lowest BCUT2D eigenvalue weighted by molar-refractivity contribution is 0.605. The topological polar surface area (TPSA) is 68.5 Å². The number of hydrogen-bond acceptors (Lipinski definition) is 3. The molecule has 0 saturated carbocycles. The molecule has 0 spiro atoms. The van der Waals surface area contributed by atoms with Gasteiger partial charge in [-0.15, -0.1) is 0 Å². The zero-order chi connectivity index (χ0) is 21.4. The Kier molecular flexibility index (Phi) is 4.96. The molecule has 152 valence electrons. The number of aryl methyl sites for hydroxylation is 1. The molecule has 6 nitrogen and oxygen atoms in total. The van der Waals surface area contributed by atoms with Gasteiger partial charge < -0.3 is 4.57 Å². The molecule has 0 amide bonds.